The van der Waals surface area contributed by atoms with Crippen molar-refractivity contribution in [3.05, 3.63) is 82.3 Å². The van der Waals surface area contributed by atoms with Crippen LogP contribution in [0, 0.1) is 11.7 Å². The van der Waals surface area contributed by atoms with E-state index in [1.807, 2.05) is 31.4 Å². The summed E-state index contributed by atoms with van der Waals surface area (Å²) in [6.45, 7) is 4.05. The maximum absolute atomic E-state index is 13.7. The summed E-state index contributed by atoms with van der Waals surface area (Å²) in [7, 11) is -3.97. The predicted octanol–water partition coefficient (Wildman–Crippen LogP) is 4.82. The molecule has 0 aliphatic heterocycles. The van der Waals surface area contributed by atoms with E-state index < -0.39 is 15.8 Å². The molecule has 0 radical (unpaired) electrons. The third-order valence-electron chi connectivity index (χ3n) is 4.35. The Morgan fingerprint density at radius 1 is 1.00 bits per heavy atom. The normalized spacial score (nSPS) is 12.6. The summed E-state index contributed by atoms with van der Waals surface area (Å²) in [6.07, 6.45) is 0. The molecule has 0 saturated heterocycles. The van der Waals surface area contributed by atoms with Gasteiger partial charge in [-0.05, 0) is 53.8 Å². The number of anilines is 1. The molecule has 0 bridgehead atoms. The van der Waals surface area contributed by atoms with E-state index >= 15 is 0 Å². The fourth-order valence-electron chi connectivity index (χ4n) is 2.79. The van der Waals surface area contributed by atoms with E-state index in [0.717, 1.165) is 4.88 Å². The van der Waals surface area contributed by atoms with Crippen LogP contribution < -0.4 is 10.0 Å². The zero-order valence-corrected chi connectivity index (χ0v) is 17.6. The molecule has 0 aliphatic rings. The fourth-order valence-corrected chi connectivity index (χ4v) is 4.81. The smallest absolute Gasteiger partial charge is 0.261 e. The minimum atomic E-state index is -3.97. The number of amides is 1. The Morgan fingerprint density at radius 3 is 2.28 bits per heavy atom. The van der Waals surface area contributed by atoms with E-state index in [0.29, 0.717) is 5.56 Å². The maximum atomic E-state index is 13.7. The van der Waals surface area contributed by atoms with Crippen LogP contribution in [0.15, 0.2) is 70.9 Å². The number of benzene rings is 2. The summed E-state index contributed by atoms with van der Waals surface area (Å²) in [4.78, 5) is 13.6. The van der Waals surface area contributed by atoms with Gasteiger partial charge in [0.2, 0.25) is 0 Å². The highest BCUT2D eigenvalue weighted by atomic mass is 32.2. The fraction of sp³-hybridized carbons (Fsp3) is 0.190. The number of hydrogen-bond acceptors (Lipinski definition) is 4. The molecule has 0 spiro atoms. The van der Waals surface area contributed by atoms with Crippen molar-refractivity contribution in [1.29, 1.82) is 0 Å². The van der Waals surface area contributed by atoms with Gasteiger partial charge in [0.05, 0.1) is 16.6 Å². The second-order valence-corrected chi connectivity index (χ2v) is 9.48. The molecule has 1 aromatic heterocycles. The maximum Gasteiger partial charge on any atom is 0.261 e. The summed E-state index contributed by atoms with van der Waals surface area (Å²) in [5.74, 6) is -0.759. The molecule has 2 N–H and O–H groups in total. The Bertz CT molecular complexity index is 1080. The topological polar surface area (TPSA) is 75.3 Å². The standard InChI is InChI=1S/C21H21FN2O3S2/c1-14(2)20(19-8-5-13-28-19)23-21(25)15-9-11-16(12-10-15)29(26,27)24-18-7-4-3-6-17(18)22/h3-14,20,24H,1-2H3,(H,23,25). The lowest BCUT2D eigenvalue weighted by molar-refractivity contribution is 0.0926. The lowest BCUT2D eigenvalue weighted by atomic mass is 10.0. The number of hydrogen-bond donors (Lipinski definition) is 2. The highest BCUT2D eigenvalue weighted by Gasteiger charge is 2.21. The van der Waals surface area contributed by atoms with Crippen LogP contribution in [0.25, 0.3) is 0 Å². The van der Waals surface area contributed by atoms with Crippen molar-refractivity contribution in [1.82, 2.24) is 5.32 Å². The van der Waals surface area contributed by atoms with Crippen LogP contribution in [-0.2, 0) is 10.0 Å². The van der Waals surface area contributed by atoms with E-state index in [4.69, 9.17) is 0 Å². The number of sulfonamides is 1. The molecule has 0 saturated carbocycles. The van der Waals surface area contributed by atoms with Gasteiger partial charge < -0.3 is 5.32 Å². The second-order valence-electron chi connectivity index (χ2n) is 6.82. The summed E-state index contributed by atoms with van der Waals surface area (Å²) in [5.41, 5.74) is 0.210. The molecule has 1 heterocycles. The van der Waals surface area contributed by atoms with Crippen molar-refractivity contribution in [2.24, 2.45) is 5.92 Å². The molecule has 1 atom stereocenters. The van der Waals surface area contributed by atoms with Gasteiger partial charge in [-0.25, -0.2) is 12.8 Å². The summed E-state index contributed by atoms with van der Waals surface area (Å²) in [6, 6.07) is 14.8. The van der Waals surface area contributed by atoms with E-state index in [1.165, 1.54) is 48.5 Å². The number of para-hydroxylation sites is 1. The minimum absolute atomic E-state index is 0.0593. The first-order chi connectivity index (χ1) is 13.8. The summed E-state index contributed by atoms with van der Waals surface area (Å²) < 4.78 is 40.9. The molecule has 3 rings (SSSR count). The number of halogens is 1. The van der Waals surface area contributed by atoms with E-state index in [2.05, 4.69) is 10.0 Å². The first kappa shape index (κ1) is 21.0. The molecule has 0 aliphatic carbocycles. The Hall–Kier alpha value is -2.71. The largest absolute Gasteiger partial charge is 0.344 e. The third-order valence-corrected chi connectivity index (χ3v) is 6.68. The average molecular weight is 433 g/mol. The molecule has 5 nitrogen and oxygen atoms in total. The van der Waals surface area contributed by atoms with Crippen molar-refractivity contribution in [3.8, 4) is 0 Å². The Labute approximate surface area is 173 Å². The average Bonchev–Trinajstić information content (AvgIpc) is 3.22. The molecule has 3 aromatic rings. The highest BCUT2D eigenvalue weighted by molar-refractivity contribution is 7.92. The number of carbonyl (C=O) groups is 1. The van der Waals surface area contributed by atoms with Crippen LogP contribution in [-0.4, -0.2) is 14.3 Å². The van der Waals surface area contributed by atoms with Crippen LogP contribution in [0.3, 0.4) is 0 Å². The van der Waals surface area contributed by atoms with Crippen molar-refractivity contribution < 1.29 is 17.6 Å². The number of thiophene rings is 1. The lowest BCUT2D eigenvalue weighted by Gasteiger charge is -2.21. The van der Waals surface area contributed by atoms with Gasteiger partial charge in [-0.1, -0.05) is 32.0 Å². The molecule has 29 heavy (non-hydrogen) atoms. The molecule has 1 amide bonds. The van der Waals surface area contributed by atoms with Crippen LogP contribution >= 0.6 is 11.3 Å². The zero-order chi connectivity index (χ0) is 21.0. The first-order valence-electron chi connectivity index (χ1n) is 8.99. The van der Waals surface area contributed by atoms with Crippen LogP contribution in [0.5, 0.6) is 0 Å². The highest BCUT2D eigenvalue weighted by Crippen LogP contribution is 2.26. The number of nitrogens with one attached hydrogen (secondary N) is 2. The van der Waals surface area contributed by atoms with Gasteiger partial charge in [-0.3, -0.25) is 9.52 Å². The SMILES string of the molecule is CC(C)C(NC(=O)c1ccc(S(=O)(=O)Nc2ccccc2F)cc1)c1cccs1. The van der Waals surface area contributed by atoms with E-state index in [1.54, 1.807) is 11.3 Å². The molecule has 0 fully saturated rings. The van der Waals surface area contributed by atoms with Crippen molar-refractivity contribution in [3.63, 3.8) is 0 Å². The van der Waals surface area contributed by atoms with Gasteiger partial charge >= 0.3 is 0 Å². The molecule has 152 valence electrons. The Kier molecular flexibility index (Phi) is 6.34. The van der Waals surface area contributed by atoms with Crippen LogP contribution in [0.4, 0.5) is 10.1 Å². The molecular weight excluding hydrogens is 411 g/mol. The van der Waals surface area contributed by atoms with Gasteiger partial charge in [0.1, 0.15) is 5.82 Å². The summed E-state index contributed by atoms with van der Waals surface area (Å²) >= 11 is 1.57. The predicted molar refractivity (Wildman–Crippen MR) is 113 cm³/mol. The monoisotopic (exact) mass is 432 g/mol. The molecular formula is C21H21FN2O3S2. The van der Waals surface area contributed by atoms with Crippen molar-refractivity contribution >= 4 is 33.0 Å². The number of rotatable bonds is 7. The van der Waals surface area contributed by atoms with Gasteiger partial charge in [0, 0.05) is 10.4 Å². The first-order valence-corrected chi connectivity index (χ1v) is 11.4. The zero-order valence-electron chi connectivity index (χ0n) is 15.9. The van der Waals surface area contributed by atoms with E-state index in [9.17, 15) is 17.6 Å². The molecule has 2 aromatic carbocycles. The minimum Gasteiger partial charge on any atom is -0.344 e. The second kappa shape index (κ2) is 8.75. The molecule has 1 unspecified atom stereocenters. The quantitative estimate of drug-likeness (QED) is 0.562. The van der Waals surface area contributed by atoms with Gasteiger partial charge in [-0.15, -0.1) is 11.3 Å². The van der Waals surface area contributed by atoms with Crippen molar-refractivity contribution in [2.75, 3.05) is 4.72 Å². The third kappa shape index (κ3) is 5.02. The van der Waals surface area contributed by atoms with Crippen LogP contribution in [0.1, 0.15) is 35.1 Å². The van der Waals surface area contributed by atoms with Crippen LogP contribution in [0.2, 0.25) is 0 Å². The number of carbonyl (C=O) groups excluding carboxylic acids is 1. The molecule has 8 heteroatoms. The summed E-state index contributed by atoms with van der Waals surface area (Å²) in [5, 5.41) is 4.95. The Morgan fingerprint density at radius 2 is 1.69 bits per heavy atom. The van der Waals surface area contributed by atoms with E-state index in [-0.39, 0.29) is 28.4 Å². The van der Waals surface area contributed by atoms with Gasteiger partial charge in [0.25, 0.3) is 15.9 Å². The van der Waals surface area contributed by atoms with Gasteiger partial charge in [-0.2, -0.15) is 0 Å². The van der Waals surface area contributed by atoms with Crippen molar-refractivity contribution in [2.45, 2.75) is 24.8 Å². The Balaban J connectivity index is 1.75. The lowest BCUT2D eigenvalue weighted by Crippen LogP contribution is -2.31. The van der Waals surface area contributed by atoms with Gasteiger partial charge in [0.15, 0.2) is 0 Å².